The van der Waals surface area contributed by atoms with Gasteiger partial charge in [-0.2, -0.15) is 0 Å². The summed E-state index contributed by atoms with van der Waals surface area (Å²) in [5.41, 5.74) is -0.0273. The topological polar surface area (TPSA) is 110 Å². The predicted molar refractivity (Wildman–Crippen MR) is 89.6 cm³/mol. The third-order valence-corrected chi connectivity index (χ3v) is 6.15. The van der Waals surface area contributed by atoms with Gasteiger partial charge in [-0.3, -0.25) is 14.9 Å². The Balaban J connectivity index is 1.98. The highest BCUT2D eigenvalue weighted by molar-refractivity contribution is 7.89. The number of benzene rings is 1. The van der Waals surface area contributed by atoms with Crippen molar-refractivity contribution >= 4 is 33.2 Å². The fraction of sp³-hybridized carbons (Fsp3) is 0.500. The van der Waals surface area contributed by atoms with Crippen LogP contribution in [0.15, 0.2) is 18.2 Å². The second kappa shape index (κ2) is 7.45. The first kappa shape index (κ1) is 18.6. The van der Waals surface area contributed by atoms with E-state index < -0.39 is 20.9 Å². The first-order valence-corrected chi connectivity index (χ1v) is 9.46. The van der Waals surface area contributed by atoms with E-state index >= 15 is 0 Å². The highest BCUT2D eigenvalue weighted by Gasteiger charge is 2.28. The van der Waals surface area contributed by atoms with Crippen LogP contribution in [0.25, 0.3) is 0 Å². The van der Waals surface area contributed by atoms with Crippen molar-refractivity contribution in [2.24, 2.45) is 0 Å². The summed E-state index contributed by atoms with van der Waals surface area (Å²) in [7, 11) is -3.21. The number of piperidine rings is 1. The van der Waals surface area contributed by atoms with Gasteiger partial charge in [0.1, 0.15) is 0 Å². The molecule has 1 aromatic carbocycles. The zero-order valence-electron chi connectivity index (χ0n) is 13.1. The number of nitro groups is 1. The van der Waals surface area contributed by atoms with E-state index in [2.05, 4.69) is 5.32 Å². The number of nitro benzene ring substituents is 1. The number of hydrogen-bond acceptors (Lipinski definition) is 5. The van der Waals surface area contributed by atoms with Crippen LogP contribution in [0.4, 0.5) is 5.69 Å². The molecule has 8 nitrogen and oxygen atoms in total. The van der Waals surface area contributed by atoms with Crippen LogP contribution < -0.4 is 5.32 Å². The number of carbonyl (C=O) groups excluding carboxylic acids is 1. The van der Waals surface area contributed by atoms with Crippen LogP contribution in [-0.2, 0) is 10.0 Å². The van der Waals surface area contributed by atoms with E-state index in [1.54, 1.807) is 6.92 Å². The molecule has 1 heterocycles. The van der Waals surface area contributed by atoms with Crippen LogP contribution >= 0.6 is 11.6 Å². The number of carbonyl (C=O) groups is 1. The van der Waals surface area contributed by atoms with Crippen molar-refractivity contribution in [3.8, 4) is 0 Å². The summed E-state index contributed by atoms with van der Waals surface area (Å²) in [5, 5.41) is 13.5. The zero-order chi connectivity index (χ0) is 17.9. The molecular formula is C14H18ClN3O5S. The summed E-state index contributed by atoms with van der Waals surface area (Å²) in [6.45, 7) is 2.31. The summed E-state index contributed by atoms with van der Waals surface area (Å²) in [4.78, 5) is 22.3. The van der Waals surface area contributed by atoms with Crippen LogP contribution in [0.3, 0.4) is 0 Å². The fourth-order valence-electron chi connectivity index (χ4n) is 2.53. The van der Waals surface area contributed by atoms with Gasteiger partial charge < -0.3 is 5.32 Å². The quantitative estimate of drug-likeness (QED) is 0.623. The van der Waals surface area contributed by atoms with Crippen molar-refractivity contribution in [1.82, 2.24) is 9.62 Å². The number of rotatable bonds is 5. The smallest absolute Gasteiger partial charge is 0.270 e. The van der Waals surface area contributed by atoms with E-state index in [0.29, 0.717) is 25.9 Å². The number of amides is 1. The molecule has 24 heavy (non-hydrogen) atoms. The third-order valence-electron chi connectivity index (χ3n) is 3.96. The molecule has 1 aliphatic rings. The molecule has 1 fully saturated rings. The lowest BCUT2D eigenvalue weighted by atomic mass is 10.1. The molecule has 1 N–H and O–H groups in total. The molecule has 0 unspecified atom stereocenters. The fourth-order valence-corrected chi connectivity index (χ4v) is 3.92. The standard InChI is InChI=1S/C14H18ClN3O5S/c1-2-24(22,23)17-7-5-10(6-8-17)16-14(19)12-4-3-11(18(20)21)9-13(12)15/h3-4,9-10H,2,5-8H2,1H3,(H,16,19). The summed E-state index contributed by atoms with van der Waals surface area (Å²) < 4.78 is 25.0. The first-order chi connectivity index (χ1) is 11.2. The van der Waals surface area contributed by atoms with Crippen molar-refractivity contribution in [1.29, 1.82) is 0 Å². The normalized spacial score (nSPS) is 16.8. The lowest BCUT2D eigenvalue weighted by molar-refractivity contribution is -0.384. The molecule has 0 spiro atoms. The molecule has 132 valence electrons. The molecule has 0 saturated carbocycles. The highest BCUT2D eigenvalue weighted by Crippen LogP contribution is 2.23. The molecular weight excluding hydrogens is 358 g/mol. The Kier molecular flexibility index (Phi) is 5.79. The van der Waals surface area contributed by atoms with Crippen LogP contribution in [-0.4, -0.2) is 48.4 Å². The maximum absolute atomic E-state index is 12.3. The van der Waals surface area contributed by atoms with Gasteiger partial charge in [-0.25, -0.2) is 12.7 Å². The Hall–Kier alpha value is -1.71. The average molecular weight is 376 g/mol. The van der Waals surface area contributed by atoms with Crippen molar-refractivity contribution in [3.63, 3.8) is 0 Å². The predicted octanol–water partition coefficient (Wildman–Crippen LogP) is 1.79. The summed E-state index contributed by atoms with van der Waals surface area (Å²) in [6, 6.07) is 3.50. The van der Waals surface area contributed by atoms with Crippen molar-refractivity contribution in [3.05, 3.63) is 38.9 Å². The Morgan fingerprint density at radius 3 is 2.54 bits per heavy atom. The molecule has 0 aliphatic carbocycles. The molecule has 1 amide bonds. The Labute approximate surface area is 145 Å². The van der Waals surface area contributed by atoms with Crippen molar-refractivity contribution in [2.45, 2.75) is 25.8 Å². The minimum Gasteiger partial charge on any atom is -0.349 e. The van der Waals surface area contributed by atoms with E-state index in [9.17, 15) is 23.3 Å². The van der Waals surface area contributed by atoms with E-state index in [4.69, 9.17) is 11.6 Å². The minimum absolute atomic E-state index is 0.00713. The van der Waals surface area contributed by atoms with Gasteiger partial charge in [0.05, 0.1) is 21.3 Å². The third kappa shape index (κ3) is 4.22. The van der Waals surface area contributed by atoms with Crippen LogP contribution in [0.1, 0.15) is 30.1 Å². The monoisotopic (exact) mass is 375 g/mol. The number of hydrogen-bond donors (Lipinski definition) is 1. The van der Waals surface area contributed by atoms with Gasteiger partial charge >= 0.3 is 0 Å². The number of nitrogens with zero attached hydrogens (tertiary/aromatic N) is 2. The largest absolute Gasteiger partial charge is 0.349 e. The van der Waals surface area contributed by atoms with Gasteiger partial charge in [-0.1, -0.05) is 11.6 Å². The van der Waals surface area contributed by atoms with Crippen LogP contribution in [0.2, 0.25) is 5.02 Å². The summed E-state index contributed by atoms with van der Waals surface area (Å²) in [5.74, 6) is -0.366. The molecule has 0 radical (unpaired) electrons. The molecule has 10 heteroatoms. The second-order valence-corrected chi connectivity index (χ2v) is 8.13. The number of halogens is 1. The van der Waals surface area contributed by atoms with Gasteiger partial charge in [0.25, 0.3) is 11.6 Å². The molecule has 0 bridgehead atoms. The van der Waals surface area contributed by atoms with Crippen molar-refractivity contribution < 1.29 is 18.1 Å². The van der Waals surface area contributed by atoms with Gasteiger partial charge in [0, 0.05) is 31.3 Å². The molecule has 0 aromatic heterocycles. The van der Waals surface area contributed by atoms with E-state index in [-0.39, 0.29) is 28.1 Å². The second-order valence-electron chi connectivity index (χ2n) is 5.47. The lowest BCUT2D eigenvalue weighted by Crippen LogP contribution is -2.46. The lowest BCUT2D eigenvalue weighted by Gasteiger charge is -2.31. The zero-order valence-corrected chi connectivity index (χ0v) is 14.6. The maximum Gasteiger partial charge on any atom is 0.270 e. The van der Waals surface area contributed by atoms with Gasteiger partial charge in [-0.05, 0) is 25.8 Å². The van der Waals surface area contributed by atoms with Gasteiger partial charge in [-0.15, -0.1) is 0 Å². The number of sulfonamides is 1. The molecule has 2 rings (SSSR count). The Morgan fingerprint density at radius 1 is 1.42 bits per heavy atom. The maximum atomic E-state index is 12.3. The first-order valence-electron chi connectivity index (χ1n) is 7.47. The number of non-ortho nitro benzene ring substituents is 1. The molecule has 1 aromatic rings. The van der Waals surface area contributed by atoms with E-state index in [1.807, 2.05) is 0 Å². The van der Waals surface area contributed by atoms with Crippen LogP contribution in [0.5, 0.6) is 0 Å². The highest BCUT2D eigenvalue weighted by atomic mass is 35.5. The van der Waals surface area contributed by atoms with E-state index in [0.717, 1.165) is 6.07 Å². The number of nitrogens with one attached hydrogen (secondary N) is 1. The Morgan fingerprint density at radius 2 is 2.04 bits per heavy atom. The van der Waals surface area contributed by atoms with Gasteiger partial charge in [0.2, 0.25) is 10.0 Å². The molecule has 1 saturated heterocycles. The van der Waals surface area contributed by atoms with Crippen molar-refractivity contribution in [2.75, 3.05) is 18.8 Å². The van der Waals surface area contributed by atoms with Gasteiger partial charge in [0.15, 0.2) is 0 Å². The minimum atomic E-state index is -3.21. The SMILES string of the molecule is CCS(=O)(=O)N1CCC(NC(=O)c2ccc([N+](=O)[O-])cc2Cl)CC1. The summed E-state index contributed by atoms with van der Waals surface area (Å²) in [6.07, 6.45) is 1.02. The molecule has 1 aliphatic heterocycles. The molecule has 0 atom stereocenters. The summed E-state index contributed by atoms with van der Waals surface area (Å²) >= 11 is 5.94. The average Bonchev–Trinajstić information content (AvgIpc) is 2.55. The Bertz CT molecular complexity index is 745. The van der Waals surface area contributed by atoms with Crippen LogP contribution in [0, 0.1) is 10.1 Å². The van der Waals surface area contributed by atoms with E-state index in [1.165, 1.54) is 16.4 Å².